The Morgan fingerprint density at radius 2 is 1.62 bits per heavy atom. The molecule has 1 heteroatoms. The quantitative estimate of drug-likeness (QED) is 0.463. The van der Waals surface area contributed by atoms with Crippen LogP contribution in [0.15, 0.2) is 24.3 Å². The van der Waals surface area contributed by atoms with Gasteiger partial charge in [-0.25, -0.2) is 0 Å². The Labute approximate surface area is 63.1 Å². The summed E-state index contributed by atoms with van der Waals surface area (Å²) in [4.78, 5) is 0. The zero-order chi connectivity index (χ0) is 5.98. The molecule has 0 saturated heterocycles. The van der Waals surface area contributed by atoms with Crippen LogP contribution in [0.1, 0.15) is 5.56 Å². The number of hydrogen-bond acceptors (Lipinski definition) is 0. The van der Waals surface area contributed by atoms with Gasteiger partial charge in [-0.3, -0.25) is 0 Å². The Kier molecular flexibility index (Phi) is 1.89. The molecule has 0 aliphatic heterocycles. The second-order valence-corrected chi connectivity index (χ2v) is 3.16. The summed E-state index contributed by atoms with van der Waals surface area (Å²) in [6.45, 7) is 2.10. The predicted molar refractivity (Wildman–Crippen MR) is 31.3 cm³/mol. The van der Waals surface area contributed by atoms with Crippen LogP contribution in [0.2, 0.25) is 0 Å². The minimum absolute atomic E-state index is 1.33. The highest BCUT2D eigenvalue weighted by Crippen LogP contribution is 1.92. The van der Waals surface area contributed by atoms with Crippen molar-refractivity contribution in [2.24, 2.45) is 0 Å². The normalized spacial score (nSPS) is 9.25. The van der Waals surface area contributed by atoms with Crippen LogP contribution in [0.25, 0.3) is 0 Å². The lowest BCUT2D eigenvalue weighted by atomic mass is 10.2. The first-order valence-corrected chi connectivity index (χ1v) is 3.69. The first-order valence-electron chi connectivity index (χ1n) is 2.53. The van der Waals surface area contributed by atoms with E-state index in [-0.39, 0.29) is 0 Å². The molecular weight excluding hydrogens is 211 g/mol. The maximum atomic E-state index is 2.12. The molecule has 0 spiro atoms. The third-order valence-electron chi connectivity index (χ3n) is 1.02. The van der Waals surface area contributed by atoms with Gasteiger partial charge in [0.25, 0.3) is 22.6 Å². The SMILES string of the molecule is Cc1ccc([IH+])cc1. The summed E-state index contributed by atoms with van der Waals surface area (Å²) in [5.41, 5.74) is 1.33. The summed E-state index contributed by atoms with van der Waals surface area (Å²) < 4.78 is 1.34. The molecule has 42 valence electrons. The minimum atomic E-state index is 1.33. The smallest absolute Gasteiger partial charge is 0.0548 e. The Hall–Kier alpha value is -0.0500. The van der Waals surface area contributed by atoms with Crippen molar-refractivity contribution in [2.75, 3.05) is 0 Å². The van der Waals surface area contributed by atoms with E-state index in [9.17, 15) is 0 Å². The highest BCUT2D eigenvalue weighted by Gasteiger charge is 1.89. The molecule has 8 heavy (non-hydrogen) atoms. The molecule has 0 unspecified atom stereocenters. The van der Waals surface area contributed by atoms with E-state index in [0.717, 1.165) is 0 Å². The molecule has 0 aliphatic carbocycles. The lowest BCUT2D eigenvalue weighted by Crippen LogP contribution is -3.34. The van der Waals surface area contributed by atoms with Crippen molar-refractivity contribution in [3.63, 3.8) is 0 Å². The fourth-order valence-corrected chi connectivity index (χ4v) is 0.927. The van der Waals surface area contributed by atoms with Crippen LogP contribution in [0.3, 0.4) is 0 Å². The van der Waals surface area contributed by atoms with Crippen molar-refractivity contribution in [1.29, 1.82) is 0 Å². The third-order valence-corrected chi connectivity index (χ3v) is 1.80. The zero-order valence-corrected chi connectivity index (χ0v) is 7.05. The Bertz CT molecular complexity index is 143. The van der Waals surface area contributed by atoms with Crippen molar-refractivity contribution < 1.29 is 22.6 Å². The van der Waals surface area contributed by atoms with E-state index in [1.54, 1.807) is 0 Å². The topological polar surface area (TPSA) is 0 Å². The van der Waals surface area contributed by atoms with E-state index in [4.69, 9.17) is 0 Å². The number of benzene rings is 1. The lowest BCUT2D eigenvalue weighted by Gasteiger charge is -1.83. The maximum Gasteiger partial charge on any atom is 0.296 e. The van der Waals surface area contributed by atoms with Gasteiger partial charge in [-0.2, -0.15) is 0 Å². The Balaban J connectivity index is 3.03. The van der Waals surface area contributed by atoms with E-state index in [1.165, 1.54) is 9.13 Å². The fourth-order valence-electron chi connectivity index (χ4n) is 0.538. The van der Waals surface area contributed by atoms with Crippen LogP contribution in [-0.2, 0) is 0 Å². The minimum Gasteiger partial charge on any atom is -0.0548 e. The Morgan fingerprint density at radius 3 is 2.00 bits per heavy atom. The van der Waals surface area contributed by atoms with Crippen LogP contribution < -0.4 is 22.6 Å². The van der Waals surface area contributed by atoms with Crippen molar-refractivity contribution in [1.82, 2.24) is 0 Å². The molecule has 0 nitrogen and oxygen atoms in total. The van der Waals surface area contributed by atoms with Crippen LogP contribution in [0.4, 0.5) is 0 Å². The summed E-state index contributed by atoms with van der Waals surface area (Å²) in [6.07, 6.45) is 0. The molecule has 0 radical (unpaired) electrons. The highest BCUT2D eigenvalue weighted by atomic mass is 127. The second kappa shape index (κ2) is 2.49. The molecular formula is C7H8I+. The number of hydrogen-bond donors (Lipinski definition) is 0. The van der Waals surface area contributed by atoms with Crippen molar-refractivity contribution in [3.05, 3.63) is 33.4 Å². The van der Waals surface area contributed by atoms with Gasteiger partial charge in [-0.1, -0.05) is 17.7 Å². The van der Waals surface area contributed by atoms with Gasteiger partial charge in [0.2, 0.25) is 0 Å². The van der Waals surface area contributed by atoms with E-state index >= 15 is 0 Å². The number of rotatable bonds is 0. The average molecular weight is 219 g/mol. The van der Waals surface area contributed by atoms with E-state index < -0.39 is 0 Å². The lowest BCUT2D eigenvalue weighted by molar-refractivity contribution is -0.328. The standard InChI is InChI=1S/C7H8I/c1-6-2-4-7(8)5-3-6/h2-5,8H,1H3/q+1. The van der Waals surface area contributed by atoms with E-state index in [0.29, 0.717) is 0 Å². The molecule has 0 aromatic heterocycles. The predicted octanol–water partition coefficient (Wildman–Crippen LogP) is -1.55. The van der Waals surface area contributed by atoms with Gasteiger partial charge in [0.05, 0.1) is 0 Å². The second-order valence-electron chi connectivity index (χ2n) is 1.81. The highest BCUT2D eigenvalue weighted by molar-refractivity contribution is 5.11. The first-order chi connectivity index (χ1) is 3.79. The van der Waals surface area contributed by atoms with Crippen LogP contribution in [0.5, 0.6) is 0 Å². The molecule has 0 saturated carbocycles. The van der Waals surface area contributed by atoms with Gasteiger partial charge in [0.1, 0.15) is 0 Å². The molecule has 0 aliphatic rings. The molecule has 0 N–H and O–H groups in total. The van der Waals surface area contributed by atoms with Crippen molar-refractivity contribution in [3.8, 4) is 0 Å². The van der Waals surface area contributed by atoms with Gasteiger partial charge < -0.3 is 0 Å². The van der Waals surface area contributed by atoms with Gasteiger partial charge in [-0.15, -0.1) is 0 Å². The maximum absolute atomic E-state index is 2.12. The van der Waals surface area contributed by atoms with Crippen molar-refractivity contribution in [2.45, 2.75) is 6.92 Å². The molecule has 1 rings (SSSR count). The van der Waals surface area contributed by atoms with Gasteiger partial charge in [0.15, 0.2) is 3.57 Å². The average Bonchev–Trinajstić information content (AvgIpc) is 1.77. The van der Waals surface area contributed by atoms with Crippen molar-refractivity contribution >= 4 is 0 Å². The van der Waals surface area contributed by atoms with Crippen LogP contribution in [-0.4, -0.2) is 0 Å². The Morgan fingerprint density at radius 1 is 1.12 bits per heavy atom. The van der Waals surface area contributed by atoms with Gasteiger partial charge in [-0.05, 0) is 19.1 Å². The number of halogens is 1. The largest absolute Gasteiger partial charge is 0.296 e. The fraction of sp³-hybridized carbons (Fsp3) is 0.143. The zero-order valence-electron chi connectivity index (χ0n) is 4.72. The van der Waals surface area contributed by atoms with E-state index in [2.05, 4.69) is 31.2 Å². The molecule has 0 bridgehead atoms. The van der Waals surface area contributed by atoms with E-state index in [1.807, 2.05) is 22.6 Å². The summed E-state index contributed by atoms with van der Waals surface area (Å²) in [6, 6.07) is 8.50. The summed E-state index contributed by atoms with van der Waals surface area (Å²) in [7, 11) is 0. The van der Waals surface area contributed by atoms with Crippen LogP contribution in [0, 0.1) is 10.5 Å². The number of aryl methyl sites for hydroxylation is 1. The molecule has 0 heterocycles. The van der Waals surface area contributed by atoms with Gasteiger partial charge >= 0.3 is 0 Å². The molecule has 0 fully saturated rings. The summed E-state index contributed by atoms with van der Waals surface area (Å²) >= 11 is 2.03. The summed E-state index contributed by atoms with van der Waals surface area (Å²) in [5.74, 6) is 0. The molecule has 1 aromatic rings. The van der Waals surface area contributed by atoms with Gasteiger partial charge in [0, 0.05) is 0 Å². The molecule has 0 amide bonds. The molecule has 1 aromatic carbocycles. The summed E-state index contributed by atoms with van der Waals surface area (Å²) in [5, 5.41) is 0. The first kappa shape index (κ1) is 6.08. The third kappa shape index (κ3) is 1.47. The monoisotopic (exact) mass is 219 g/mol. The molecule has 0 atom stereocenters. The van der Waals surface area contributed by atoms with Crippen LogP contribution >= 0.6 is 0 Å².